The first-order chi connectivity index (χ1) is 13.2. The smallest absolute Gasteiger partial charge is 0.244 e. The van der Waals surface area contributed by atoms with Gasteiger partial charge in [-0.1, -0.05) is 12.1 Å². The maximum atomic E-state index is 12.8. The molecular formula is C20H22N6O. The zero-order valence-electron chi connectivity index (χ0n) is 15.2. The van der Waals surface area contributed by atoms with Crippen LogP contribution in [0.1, 0.15) is 24.0 Å². The molecule has 0 unspecified atom stereocenters. The third-order valence-electron chi connectivity index (χ3n) is 4.88. The van der Waals surface area contributed by atoms with Gasteiger partial charge in [-0.3, -0.25) is 9.78 Å². The monoisotopic (exact) mass is 362 g/mol. The van der Waals surface area contributed by atoms with Crippen molar-refractivity contribution in [2.45, 2.75) is 32.4 Å². The molecule has 1 aromatic carbocycles. The molecule has 7 heteroatoms. The van der Waals surface area contributed by atoms with Crippen LogP contribution in [0.5, 0.6) is 0 Å². The number of anilines is 1. The molecule has 0 bridgehead atoms. The molecular weight excluding hydrogens is 340 g/mol. The number of aromatic nitrogens is 4. The second kappa shape index (κ2) is 7.67. The van der Waals surface area contributed by atoms with Gasteiger partial charge in [0, 0.05) is 19.3 Å². The zero-order valence-corrected chi connectivity index (χ0v) is 15.2. The van der Waals surface area contributed by atoms with E-state index < -0.39 is 0 Å². The molecule has 1 fully saturated rings. The van der Waals surface area contributed by atoms with Gasteiger partial charge in [-0.2, -0.15) is 5.10 Å². The number of carbonyl (C=O) groups excluding carboxylic acids is 1. The average molecular weight is 362 g/mol. The molecule has 0 spiro atoms. The normalized spacial score (nSPS) is 17.3. The Labute approximate surface area is 158 Å². The Morgan fingerprint density at radius 3 is 2.93 bits per heavy atom. The second-order valence-corrected chi connectivity index (χ2v) is 6.74. The van der Waals surface area contributed by atoms with Crippen LogP contribution >= 0.6 is 0 Å². The SMILES string of the molecule is Cc1cc(CN[C@@H]2CCCN(c3cccnc3)C2=O)ccc1-n1cncn1. The van der Waals surface area contributed by atoms with Gasteiger partial charge in [-0.15, -0.1) is 0 Å². The molecule has 1 N–H and O–H groups in total. The van der Waals surface area contributed by atoms with Gasteiger partial charge in [-0.25, -0.2) is 9.67 Å². The number of nitrogens with zero attached hydrogens (tertiary/aromatic N) is 5. The van der Waals surface area contributed by atoms with Gasteiger partial charge in [0.2, 0.25) is 5.91 Å². The minimum atomic E-state index is -0.172. The Morgan fingerprint density at radius 2 is 2.19 bits per heavy atom. The molecule has 1 saturated heterocycles. The summed E-state index contributed by atoms with van der Waals surface area (Å²) in [6.45, 7) is 3.45. The van der Waals surface area contributed by atoms with Crippen molar-refractivity contribution >= 4 is 11.6 Å². The number of rotatable bonds is 5. The van der Waals surface area contributed by atoms with Gasteiger partial charge in [0.15, 0.2) is 0 Å². The van der Waals surface area contributed by atoms with Crippen LogP contribution in [-0.2, 0) is 11.3 Å². The highest BCUT2D eigenvalue weighted by atomic mass is 16.2. The molecule has 27 heavy (non-hydrogen) atoms. The Morgan fingerprint density at radius 1 is 1.26 bits per heavy atom. The zero-order chi connectivity index (χ0) is 18.6. The number of nitrogens with one attached hydrogen (secondary N) is 1. The molecule has 1 aliphatic heterocycles. The van der Waals surface area contributed by atoms with E-state index in [9.17, 15) is 4.79 Å². The molecule has 1 aliphatic rings. The number of carbonyl (C=O) groups is 1. The Kier molecular flexibility index (Phi) is 4.93. The van der Waals surface area contributed by atoms with E-state index in [-0.39, 0.29) is 11.9 Å². The minimum Gasteiger partial charge on any atom is -0.310 e. The second-order valence-electron chi connectivity index (χ2n) is 6.74. The molecule has 1 atom stereocenters. The summed E-state index contributed by atoms with van der Waals surface area (Å²) in [5.41, 5.74) is 4.13. The van der Waals surface area contributed by atoms with E-state index in [0.717, 1.165) is 41.9 Å². The number of amides is 1. The lowest BCUT2D eigenvalue weighted by molar-refractivity contribution is -0.121. The van der Waals surface area contributed by atoms with Crippen LogP contribution in [-0.4, -0.2) is 38.2 Å². The summed E-state index contributed by atoms with van der Waals surface area (Å²) >= 11 is 0. The van der Waals surface area contributed by atoms with Crippen LogP contribution in [0.2, 0.25) is 0 Å². The average Bonchev–Trinajstić information content (AvgIpc) is 3.22. The quantitative estimate of drug-likeness (QED) is 0.753. The number of benzene rings is 1. The number of hydrogen-bond donors (Lipinski definition) is 1. The van der Waals surface area contributed by atoms with Crippen molar-refractivity contribution in [2.24, 2.45) is 0 Å². The minimum absolute atomic E-state index is 0.116. The van der Waals surface area contributed by atoms with Crippen molar-refractivity contribution < 1.29 is 4.79 Å². The van der Waals surface area contributed by atoms with E-state index in [1.807, 2.05) is 23.1 Å². The maximum absolute atomic E-state index is 12.8. The summed E-state index contributed by atoms with van der Waals surface area (Å²) < 4.78 is 1.75. The lowest BCUT2D eigenvalue weighted by atomic mass is 10.0. The standard InChI is InChI=1S/C20H22N6O/c1-15-10-16(6-7-19(15)26-14-22-13-24-26)11-23-18-5-3-9-25(20(18)27)17-4-2-8-21-12-17/h2,4,6-8,10,12-14,18,23H,3,5,9,11H2,1H3/t18-/m1/s1. The first kappa shape index (κ1) is 17.4. The molecule has 0 radical (unpaired) electrons. The molecule has 3 aromatic rings. The van der Waals surface area contributed by atoms with Crippen LogP contribution < -0.4 is 10.2 Å². The van der Waals surface area contributed by atoms with Gasteiger partial charge in [0.05, 0.1) is 23.6 Å². The van der Waals surface area contributed by atoms with Crippen LogP contribution in [0, 0.1) is 6.92 Å². The summed E-state index contributed by atoms with van der Waals surface area (Å²) in [7, 11) is 0. The van der Waals surface area contributed by atoms with Gasteiger partial charge >= 0.3 is 0 Å². The third-order valence-corrected chi connectivity index (χ3v) is 4.88. The van der Waals surface area contributed by atoms with Crippen molar-refractivity contribution in [3.8, 4) is 5.69 Å². The molecule has 0 saturated carbocycles. The van der Waals surface area contributed by atoms with Crippen LogP contribution in [0.4, 0.5) is 5.69 Å². The highest BCUT2D eigenvalue weighted by molar-refractivity contribution is 5.97. The van der Waals surface area contributed by atoms with Crippen LogP contribution in [0.15, 0.2) is 55.4 Å². The first-order valence-corrected chi connectivity index (χ1v) is 9.12. The molecule has 3 heterocycles. The fourth-order valence-corrected chi connectivity index (χ4v) is 3.49. The molecule has 138 valence electrons. The van der Waals surface area contributed by atoms with E-state index in [1.54, 1.807) is 23.4 Å². The van der Waals surface area contributed by atoms with Gasteiger partial charge < -0.3 is 10.2 Å². The Hall–Kier alpha value is -3.06. The van der Waals surface area contributed by atoms with Crippen molar-refractivity contribution in [1.29, 1.82) is 0 Å². The highest BCUT2D eigenvalue weighted by Crippen LogP contribution is 2.21. The van der Waals surface area contributed by atoms with Crippen molar-refractivity contribution in [1.82, 2.24) is 25.1 Å². The van der Waals surface area contributed by atoms with E-state index in [1.165, 1.54) is 6.33 Å². The van der Waals surface area contributed by atoms with Crippen molar-refractivity contribution in [3.05, 3.63) is 66.5 Å². The maximum Gasteiger partial charge on any atom is 0.244 e. The van der Waals surface area contributed by atoms with Crippen LogP contribution in [0.25, 0.3) is 5.69 Å². The number of hydrogen-bond acceptors (Lipinski definition) is 5. The summed E-state index contributed by atoms with van der Waals surface area (Å²) in [4.78, 5) is 22.8. The number of pyridine rings is 1. The van der Waals surface area contributed by atoms with Crippen LogP contribution in [0.3, 0.4) is 0 Å². The lowest BCUT2D eigenvalue weighted by Gasteiger charge is -2.32. The third kappa shape index (κ3) is 3.73. The van der Waals surface area contributed by atoms with E-state index in [0.29, 0.717) is 6.54 Å². The van der Waals surface area contributed by atoms with E-state index >= 15 is 0 Å². The van der Waals surface area contributed by atoms with Gasteiger partial charge in [0.1, 0.15) is 12.7 Å². The van der Waals surface area contributed by atoms with Gasteiger partial charge in [0.25, 0.3) is 0 Å². The topological polar surface area (TPSA) is 75.9 Å². The molecule has 2 aromatic heterocycles. The summed E-state index contributed by atoms with van der Waals surface area (Å²) in [5, 5.41) is 7.60. The van der Waals surface area contributed by atoms with E-state index in [4.69, 9.17) is 0 Å². The first-order valence-electron chi connectivity index (χ1n) is 9.12. The summed E-state index contributed by atoms with van der Waals surface area (Å²) in [5.74, 6) is 0.116. The summed E-state index contributed by atoms with van der Waals surface area (Å²) in [6, 6.07) is 9.83. The highest BCUT2D eigenvalue weighted by Gasteiger charge is 2.29. The lowest BCUT2D eigenvalue weighted by Crippen LogP contribution is -2.50. The number of aryl methyl sites for hydroxylation is 1. The largest absolute Gasteiger partial charge is 0.310 e. The van der Waals surface area contributed by atoms with Gasteiger partial charge in [-0.05, 0) is 49.1 Å². The Balaban J connectivity index is 1.42. The fourth-order valence-electron chi connectivity index (χ4n) is 3.49. The molecule has 1 amide bonds. The number of piperidine rings is 1. The Bertz CT molecular complexity index is 909. The van der Waals surface area contributed by atoms with Crippen molar-refractivity contribution in [2.75, 3.05) is 11.4 Å². The van der Waals surface area contributed by atoms with Crippen molar-refractivity contribution in [3.63, 3.8) is 0 Å². The molecule has 0 aliphatic carbocycles. The molecule has 4 rings (SSSR count). The summed E-state index contributed by atoms with van der Waals surface area (Å²) in [6.07, 6.45) is 8.51. The fraction of sp³-hybridized carbons (Fsp3) is 0.300. The predicted octanol–water partition coefficient (Wildman–Crippen LogP) is 2.26. The predicted molar refractivity (Wildman–Crippen MR) is 103 cm³/mol. The molecule has 7 nitrogen and oxygen atoms in total. The van der Waals surface area contributed by atoms with E-state index in [2.05, 4.69) is 39.4 Å².